The molecule has 4 heteroatoms. The normalized spacial score (nSPS) is 12.1. The zero-order valence-electron chi connectivity index (χ0n) is 30.4. The van der Waals surface area contributed by atoms with Gasteiger partial charge in [-0.1, -0.05) is 158 Å². The highest BCUT2D eigenvalue weighted by molar-refractivity contribution is 6.27. The van der Waals surface area contributed by atoms with Crippen LogP contribution < -0.4 is 0 Å². The average Bonchev–Trinajstić information content (AvgIpc) is 3.63. The van der Waals surface area contributed by atoms with Crippen molar-refractivity contribution >= 4 is 65.0 Å². The molecule has 1 heterocycles. The number of furan rings is 1. The van der Waals surface area contributed by atoms with Gasteiger partial charge in [0.15, 0.2) is 0 Å². The first kappa shape index (κ1) is 33.2. The third-order valence-corrected chi connectivity index (χ3v) is 11.5. The van der Waals surface area contributed by atoms with E-state index in [1.54, 1.807) is 12.1 Å². The van der Waals surface area contributed by atoms with E-state index in [-0.39, 0.29) is 0 Å². The molecule has 10 aromatic carbocycles. The lowest BCUT2D eigenvalue weighted by atomic mass is 9.84. The van der Waals surface area contributed by atoms with E-state index in [1.807, 2.05) is 36.4 Å². The van der Waals surface area contributed by atoms with Crippen molar-refractivity contribution in [2.75, 3.05) is 0 Å². The molecule has 1 nitrogen and oxygen atoms in total. The maximum Gasteiger partial charge on any atom is 0.416 e. The van der Waals surface area contributed by atoms with E-state index in [2.05, 4.69) is 127 Å². The van der Waals surface area contributed by atoms with Gasteiger partial charge in [0.05, 0.1) is 5.56 Å². The Bertz CT molecular complexity index is 3260. The average molecular weight is 741 g/mol. The van der Waals surface area contributed by atoms with E-state index in [1.165, 1.54) is 50.4 Å². The maximum absolute atomic E-state index is 13.6. The first-order chi connectivity index (χ1) is 27.9. The molecule has 0 saturated carbocycles. The van der Waals surface area contributed by atoms with Gasteiger partial charge in [0.2, 0.25) is 0 Å². The first-order valence-electron chi connectivity index (χ1n) is 19.0. The Balaban J connectivity index is 1.19. The predicted octanol–water partition coefficient (Wildman–Crippen LogP) is 15.9. The van der Waals surface area contributed by atoms with Crippen LogP contribution in [0.2, 0.25) is 0 Å². The zero-order valence-corrected chi connectivity index (χ0v) is 30.4. The van der Waals surface area contributed by atoms with Crippen molar-refractivity contribution in [1.29, 1.82) is 0 Å². The van der Waals surface area contributed by atoms with Gasteiger partial charge in [-0.3, -0.25) is 0 Å². The molecule has 0 N–H and O–H groups in total. The first-order valence-corrected chi connectivity index (χ1v) is 19.0. The van der Waals surface area contributed by atoms with Crippen LogP contribution in [0.25, 0.3) is 110 Å². The van der Waals surface area contributed by atoms with Crippen molar-refractivity contribution in [3.8, 4) is 44.5 Å². The summed E-state index contributed by atoms with van der Waals surface area (Å²) in [4.78, 5) is 0. The van der Waals surface area contributed by atoms with E-state index in [9.17, 15) is 13.2 Å². The highest BCUT2D eigenvalue weighted by Gasteiger charge is 2.30. The second kappa shape index (κ2) is 12.7. The summed E-state index contributed by atoms with van der Waals surface area (Å²) in [5.74, 6) is 0. The summed E-state index contributed by atoms with van der Waals surface area (Å²) in [5.41, 5.74) is 9.32. The second-order valence-electron chi connectivity index (χ2n) is 14.6. The van der Waals surface area contributed by atoms with Gasteiger partial charge in [0, 0.05) is 10.8 Å². The Morgan fingerprint density at radius 3 is 1.23 bits per heavy atom. The lowest BCUT2D eigenvalue weighted by molar-refractivity contribution is -0.137. The lowest BCUT2D eigenvalue weighted by Crippen LogP contribution is -2.04. The smallest absolute Gasteiger partial charge is 0.416 e. The molecule has 0 bridgehead atoms. The minimum Gasteiger partial charge on any atom is -0.456 e. The molecule has 11 rings (SSSR count). The van der Waals surface area contributed by atoms with Crippen LogP contribution in [0.4, 0.5) is 13.2 Å². The maximum atomic E-state index is 13.6. The Labute approximate surface area is 325 Å². The van der Waals surface area contributed by atoms with Crippen LogP contribution in [0.5, 0.6) is 0 Å². The van der Waals surface area contributed by atoms with Crippen molar-refractivity contribution < 1.29 is 17.6 Å². The van der Waals surface area contributed by atoms with Gasteiger partial charge in [-0.25, -0.2) is 0 Å². The molecular weight excluding hydrogens is 710 g/mol. The Hall–Kier alpha value is -7.17. The van der Waals surface area contributed by atoms with Crippen LogP contribution in [0.15, 0.2) is 192 Å². The molecule has 0 fully saturated rings. The van der Waals surface area contributed by atoms with Gasteiger partial charge < -0.3 is 4.42 Å². The van der Waals surface area contributed by atoms with Gasteiger partial charge in [-0.15, -0.1) is 0 Å². The number of halogens is 3. The van der Waals surface area contributed by atoms with Gasteiger partial charge >= 0.3 is 6.18 Å². The van der Waals surface area contributed by atoms with Crippen molar-refractivity contribution in [3.05, 3.63) is 194 Å². The summed E-state index contributed by atoms with van der Waals surface area (Å²) in [7, 11) is 0. The van der Waals surface area contributed by atoms with Crippen LogP contribution in [0.1, 0.15) is 5.56 Å². The summed E-state index contributed by atoms with van der Waals surface area (Å²) in [5, 5.41) is 10.7. The monoisotopic (exact) mass is 740 g/mol. The van der Waals surface area contributed by atoms with Gasteiger partial charge in [-0.05, 0) is 118 Å². The summed E-state index contributed by atoms with van der Waals surface area (Å²) in [6, 6.07) is 62.7. The fourth-order valence-corrected chi connectivity index (χ4v) is 9.10. The van der Waals surface area contributed by atoms with Crippen LogP contribution in [-0.4, -0.2) is 0 Å². The van der Waals surface area contributed by atoms with E-state index in [0.29, 0.717) is 0 Å². The van der Waals surface area contributed by atoms with E-state index in [4.69, 9.17) is 4.42 Å². The lowest BCUT2D eigenvalue weighted by Gasteiger charge is -2.19. The topological polar surface area (TPSA) is 13.1 Å². The largest absolute Gasteiger partial charge is 0.456 e. The summed E-state index contributed by atoms with van der Waals surface area (Å²) < 4.78 is 47.5. The van der Waals surface area contributed by atoms with Crippen LogP contribution in [-0.2, 0) is 6.18 Å². The second-order valence-corrected chi connectivity index (χ2v) is 14.6. The van der Waals surface area contributed by atoms with E-state index in [0.717, 1.165) is 71.3 Å². The Kier molecular flexibility index (Phi) is 7.39. The number of hydrogen-bond donors (Lipinski definition) is 0. The number of rotatable bonds is 4. The molecule has 0 unspecified atom stereocenters. The molecule has 0 atom stereocenters. The number of benzene rings is 10. The molecule has 0 aliphatic heterocycles. The molecule has 0 radical (unpaired) electrons. The molecule has 11 aromatic rings. The Morgan fingerprint density at radius 2 is 0.737 bits per heavy atom. The Morgan fingerprint density at radius 1 is 0.316 bits per heavy atom. The SMILES string of the molecule is FC(F)(F)c1ccc(-c2c3ccccc3c(-c3cccc4oc5ccc(-c6c7ccccc7c(-c7ccccc7)c7ccccc67)cc5c34)c3ccccc23)cc1. The molecule has 1 aromatic heterocycles. The van der Waals surface area contributed by atoms with E-state index < -0.39 is 11.7 Å². The van der Waals surface area contributed by atoms with Crippen LogP contribution >= 0.6 is 0 Å². The minimum absolute atomic E-state index is 0.664. The van der Waals surface area contributed by atoms with Crippen molar-refractivity contribution in [2.45, 2.75) is 6.18 Å². The molecule has 0 amide bonds. The van der Waals surface area contributed by atoms with Gasteiger partial charge in [0.1, 0.15) is 11.2 Å². The zero-order chi connectivity index (χ0) is 38.3. The quantitative estimate of drug-likeness (QED) is 0.164. The third kappa shape index (κ3) is 5.18. The fraction of sp³-hybridized carbons (Fsp3) is 0.0189. The number of fused-ring (bicyclic) bond motifs is 7. The standard InChI is InChI=1S/C53H31F3O/c54-53(55,56)35-28-25-33(26-29-35)49-40-19-8-10-21-42(40)51(43-22-11-9-20-41(43)49)44-23-12-24-47-52(44)45-31-34(27-30-46(45)57-47)50-38-17-6-4-15-36(38)48(32-13-2-1-3-14-32)37-16-5-7-18-39(37)50/h1-31H. The summed E-state index contributed by atoms with van der Waals surface area (Å²) in [6.45, 7) is 0. The minimum atomic E-state index is -4.41. The number of alkyl halides is 3. The molecule has 0 aliphatic carbocycles. The number of hydrogen-bond acceptors (Lipinski definition) is 1. The van der Waals surface area contributed by atoms with Crippen molar-refractivity contribution in [3.63, 3.8) is 0 Å². The van der Waals surface area contributed by atoms with Gasteiger partial charge in [0.25, 0.3) is 0 Å². The van der Waals surface area contributed by atoms with Gasteiger partial charge in [-0.2, -0.15) is 13.2 Å². The third-order valence-electron chi connectivity index (χ3n) is 11.5. The molecular formula is C53H31F3O. The molecule has 0 spiro atoms. The predicted molar refractivity (Wildman–Crippen MR) is 230 cm³/mol. The highest BCUT2D eigenvalue weighted by atomic mass is 19.4. The molecule has 270 valence electrons. The molecule has 0 saturated heterocycles. The van der Waals surface area contributed by atoms with Crippen LogP contribution in [0.3, 0.4) is 0 Å². The summed E-state index contributed by atoms with van der Waals surface area (Å²) >= 11 is 0. The van der Waals surface area contributed by atoms with E-state index >= 15 is 0 Å². The van der Waals surface area contributed by atoms with Crippen molar-refractivity contribution in [1.82, 2.24) is 0 Å². The van der Waals surface area contributed by atoms with Crippen molar-refractivity contribution in [2.24, 2.45) is 0 Å². The fourth-order valence-electron chi connectivity index (χ4n) is 9.10. The molecule has 57 heavy (non-hydrogen) atoms. The van der Waals surface area contributed by atoms with Crippen LogP contribution in [0, 0.1) is 0 Å². The molecule has 0 aliphatic rings. The highest BCUT2D eigenvalue weighted by Crippen LogP contribution is 2.49. The summed E-state index contributed by atoms with van der Waals surface area (Å²) in [6.07, 6.45) is -4.41.